The second-order valence-corrected chi connectivity index (χ2v) is 5.22. The molecule has 2 rings (SSSR count). The van der Waals surface area contributed by atoms with Gasteiger partial charge in [0.15, 0.2) is 0 Å². The van der Waals surface area contributed by atoms with Crippen LogP contribution >= 0.6 is 0 Å². The van der Waals surface area contributed by atoms with Crippen molar-refractivity contribution < 1.29 is 14.7 Å². The minimum Gasteiger partial charge on any atom is -0.481 e. The third kappa shape index (κ3) is 2.69. The molecule has 1 aliphatic rings. The Balaban J connectivity index is 2.30. The van der Waals surface area contributed by atoms with E-state index in [9.17, 15) is 14.7 Å². The molecule has 0 spiro atoms. The first-order valence-corrected chi connectivity index (χ1v) is 7.13. The van der Waals surface area contributed by atoms with E-state index in [2.05, 4.69) is 12.0 Å². The molecule has 0 aliphatic carbocycles. The van der Waals surface area contributed by atoms with E-state index in [1.165, 1.54) is 0 Å². The van der Waals surface area contributed by atoms with Crippen molar-refractivity contribution in [3.05, 3.63) is 18.0 Å². The maximum absolute atomic E-state index is 12.0. The molecule has 6 nitrogen and oxygen atoms in total. The van der Waals surface area contributed by atoms with Gasteiger partial charge in [-0.2, -0.15) is 5.10 Å². The number of aromatic nitrogens is 2. The van der Waals surface area contributed by atoms with E-state index in [0.717, 1.165) is 24.9 Å². The third-order valence-electron chi connectivity index (χ3n) is 3.66. The van der Waals surface area contributed by atoms with Gasteiger partial charge in [0.05, 0.1) is 18.2 Å². The van der Waals surface area contributed by atoms with Crippen LogP contribution in [0.3, 0.4) is 0 Å². The van der Waals surface area contributed by atoms with Gasteiger partial charge in [0.2, 0.25) is 5.91 Å². The number of amides is 1. The Morgan fingerprint density at radius 1 is 1.40 bits per heavy atom. The van der Waals surface area contributed by atoms with Crippen LogP contribution < -0.4 is 0 Å². The Morgan fingerprint density at radius 2 is 2.10 bits per heavy atom. The Labute approximate surface area is 118 Å². The summed E-state index contributed by atoms with van der Waals surface area (Å²) in [5, 5.41) is 13.6. The number of aryl methyl sites for hydroxylation is 1. The molecule has 1 aromatic heterocycles. The predicted molar refractivity (Wildman–Crippen MR) is 73.0 cm³/mol. The van der Waals surface area contributed by atoms with Crippen molar-refractivity contribution in [2.24, 2.45) is 5.92 Å². The van der Waals surface area contributed by atoms with Crippen molar-refractivity contribution in [2.75, 3.05) is 6.54 Å². The largest absolute Gasteiger partial charge is 0.481 e. The Kier molecular flexibility index (Phi) is 4.42. The van der Waals surface area contributed by atoms with Gasteiger partial charge in [-0.15, -0.1) is 0 Å². The zero-order valence-corrected chi connectivity index (χ0v) is 12.0. The van der Waals surface area contributed by atoms with E-state index in [-0.39, 0.29) is 18.4 Å². The molecule has 20 heavy (non-hydrogen) atoms. The van der Waals surface area contributed by atoms with Crippen LogP contribution in [0.4, 0.5) is 0 Å². The molecule has 0 bridgehead atoms. The van der Waals surface area contributed by atoms with Crippen LogP contribution in [0, 0.1) is 5.92 Å². The molecule has 0 radical (unpaired) electrons. The van der Waals surface area contributed by atoms with E-state index >= 15 is 0 Å². The van der Waals surface area contributed by atoms with Crippen LogP contribution in [0.2, 0.25) is 0 Å². The average molecular weight is 279 g/mol. The smallest absolute Gasteiger partial charge is 0.309 e. The number of nitrogens with zero attached hydrogens (tertiary/aromatic N) is 3. The molecule has 1 N–H and O–H groups in total. The third-order valence-corrected chi connectivity index (χ3v) is 3.66. The molecule has 2 heterocycles. The Hall–Kier alpha value is -1.85. The highest BCUT2D eigenvalue weighted by molar-refractivity contribution is 5.87. The van der Waals surface area contributed by atoms with E-state index < -0.39 is 11.9 Å². The summed E-state index contributed by atoms with van der Waals surface area (Å²) in [6.45, 7) is 5.43. The maximum Gasteiger partial charge on any atom is 0.309 e. The highest BCUT2D eigenvalue weighted by atomic mass is 16.4. The molecule has 110 valence electrons. The fourth-order valence-electron chi connectivity index (χ4n) is 2.81. The molecule has 1 aromatic rings. The molecule has 0 aromatic carbocycles. The van der Waals surface area contributed by atoms with Crippen LogP contribution in [0.25, 0.3) is 0 Å². The average Bonchev–Trinajstić information content (AvgIpc) is 2.96. The standard InChI is InChI=1S/C14H21N3O3/c1-3-5-16-9-10(8-15-16)13-11(14(19)20)7-12(18)17(13)6-4-2/h8-9,11,13H,3-7H2,1-2H3,(H,19,20). The van der Waals surface area contributed by atoms with Crippen LogP contribution in [-0.2, 0) is 16.1 Å². The van der Waals surface area contributed by atoms with E-state index in [4.69, 9.17) is 0 Å². The zero-order chi connectivity index (χ0) is 14.7. The van der Waals surface area contributed by atoms with E-state index in [0.29, 0.717) is 6.54 Å². The van der Waals surface area contributed by atoms with Crippen molar-refractivity contribution in [1.29, 1.82) is 0 Å². The monoisotopic (exact) mass is 279 g/mol. The number of hydrogen-bond donors (Lipinski definition) is 1. The zero-order valence-electron chi connectivity index (χ0n) is 12.0. The number of aliphatic carboxylic acids is 1. The first kappa shape index (κ1) is 14.6. The van der Waals surface area contributed by atoms with Crippen LogP contribution in [0.15, 0.2) is 12.4 Å². The SMILES string of the molecule is CCCN1C(=O)CC(C(=O)O)C1c1cnn(CCC)c1. The van der Waals surface area contributed by atoms with Gasteiger partial charge in [0, 0.05) is 31.3 Å². The van der Waals surface area contributed by atoms with Gasteiger partial charge in [-0.3, -0.25) is 14.3 Å². The molecule has 2 atom stereocenters. The summed E-state index contributed by atoms with van der Waals surface area (Å²) in [6.07, 6.45) is 5.42. The maximum atomic E-state index is 12.0. The first-order valence-electron chi connectivity index (χ1n) is 7.13. The van der Waals surface area contributed by atoms with Crippen molar-refractivity contribution in [1.82, 2.24) is 14.7 Å². The summed E-state index contributed by atoms with van der Waals surface area (Å²) >= 11 is 0. The van der Waals surface area contributed by atoms with Gasteiger partial charge < -0.3 is 10.0 Å². The summed E-state index contributed by atoms with van der Waals surface area (Å²) in [4.78, 5) is 25.1. The lowest BCUT2D eigenvalue weighted by atomic mass is 9.96. The minimum atomic E-state index is -0.912. The van der Waals surface area contributed by atoms with Crippen molar-refractivity contribution in [2.45, 2.75) is 45.7 Å². The molecule has 1 saturated heterocycles. The fourth-order valence-corrected chi connectivity index (χ4v) is 2.81. The summed E-state index contributed by atoms with van der Waals surface area (Å²) in [6, 6.07) is -0.384. The number of carboxylic acids is 1. The number of carbonyl (C=O) groups excluding carboxylic acids is 1. The molecule has 0 saturated carbocycles. The topological polar surface area (TPSA) is 75.4 Å². The summed E-state index contributed by atoms with van der Waals surface area (Å²) in [5.41, 5.74) is 0.824. The minimum absolute atomic E-state index is 0.0764. The molecule has 1 aliphatic heterocycles. The van der Waals surface area contributed by atoms with Gasteiger partial charge in [-0.25, -0.2) is 0 Å². The van der Waals surface area contributed by atoms with Crippen molar-refractivity contribution in [3.63, 3.8) is 0 Å². The van der Waals surface area contributed by atoms with Crippen LogP contribution in [0.1, 0.15) is 44.7 Å². The normalized spacial score (nSPS) is 22.5. The van der Waals surface area contributed by atoms with E-state index in [1.807, 2.05) is 13.1 Å². The lowest BCUT2D eigenvalue weighted by molar-refractivity contribution is -0.142. The second-order valence-electron chi connectivity index (χ2n) is 5.22. The molecule has 1 fully saturated rings. The Morgan fingerprint density at radius 3 is 2.70 bits per heavy atom. The van der Waals surface area contributed by atoms with Gasteiger partial charge in [0.1, 0.15) is 0 Å². The number of carboxylic acid groups (broad SMARTS) is 1. The fraction of sp³-hybridized carbons (Fsp3) is 0.643. The number of carbonyl (C=O) groups is 2. The van der Waals surface area contributed by atoms with Gasteiger partial charge >= 0.3 is 5.97 Å². The van der Waals surface area contributed by atoms with Crippen LogP contribution in [0.5, 0.6) is 0 Å². The Bertz CT molecular complexity index is 498. The van der Waals surface area contributed by atoms with Gasteiger partial charge in [-0.05, 0) is 12.8 Å². The number of rotatable bonds is 6. The predicted octanol–water partition coefficient (Wildman–Crippen LogP) is 1.68. The lowest BCUT2D eigenvalue weighted by Gasteiger charge is -2.25. The van der Waals surface area contributed by atoms with Crippen molar-refractivity contribution in [3.8, 4) is 0 Å². The molecule has 6 heteroatoms. The highest BCUT2D eigenvalue weighted by Gasteiger charge is 2.44. The molecule has 1 amide bonds. The van der Waals surface area contributed by atoms with E-state index in [1.54, 1.807) is 15.8 Å². The number of hydrogen-bond acceptors (Lipinski definition) is 3. The molecular weight excluding hydrogens is 258 g/mol. The molecule has 2 unspecified atom stereocenters. The lowest BCUT2D eigenvalue weighted by Crippen LogP contribution is -2.31. The summed E-state index contributed by atoms with van der Waals surface area (Å²) in [5.74, 6) is -1.66. The highest BCUT2D eigenvalue weighted by Crippen LogP contribution is 2.38. The van der Waals surface area contributed by atoms with Gasteiger partial charge in [-0.1, -0.05) is 13.8 Å². The number of likely N-dealkylation sites (tertiary alicyclic amines) is 1. The van der Waals surface area contributed by atoms with Crippen LogP contribution in [-0.4, -0.2) is 38.2 Å². The van der Waals surface area contributed by atoms with Crippen molar-refractivity contribution >= 4 is 11.9 Å². The molecular formula is C14H21N3O3. The first-order chi connectivity index (χ1) is 9.58. The quantitative estimate of drug-likeness (QED) is 0.859. The summed E-state index contributed by atoms with van der Waals surface area (Å²) in [7, 11) is 0. The van der Waals surface area contributed by atoms with Gasteiger partial charge in [0.25, 0.3) is 0 Å². The summed E-state index contributed by atoms with van der Waals surface area (Å²) < 4.78 is 1.81. The second kappa shape index (κ2) is 6.07.